The molecule has 1 heteroatoms. The van der Waals surface area contributed by atoms with Crippen molar-refractivity contribution in [3.05, 3.63) is 29.3 Å². The van der Waals surface area contributed by atoms with E-state index >= 15 is 0 Å². The molecule has 0 nitrogen and oxygen atoms in total. The number of hydrogen-bond acceptors (Lipinski definition) is 0. The van der Waals surface area contributed by atoms with Gasteiger partial charge < -0.3 is 0 Å². The molecule has 1 atom stereocenters. The molecule has 0 aliphatic rings. The first kappa shape index (κ1) is 7.75. The smallest absolute Gasteiger partial charge is 0.0297 e. The molecule has 0 amide bonds. The van der Waals surface area contributed by atoms with Gasteiger partial charge in [-0.1, -0.05) is 30.7 Å². The molecule has 0 aliphatic heterocycles. The Bertz CT molecular complexity index is 208. The molecule has 0 radical (unpaired) electrons. The predicted octanol–water partition coefficient (Wildman–Crippen LogP) is 2.06. The zero-order valence-electron chi connectivity index (χ0n) is 6.52. The number of hydrogen-bond donors (Lipinski definition) is 0. The van der Waals surface area contributed by atoms with Crippen LogP contribution < -0.4 is 5.30 Å². The van der Waals surface area contributed by atoms with Crippen LogP contribution in [0.1, 0.15) is 18.1 Å². The summed E-state index contributed by atoms with van der Waals surface area (Å²) in [4.78, 5) is 0. The predicted molar refractivity (Wildman–Crippen MR) is 49.9 cm³/mol. The summed E-state index contributed by atoms with van der Waals surface area (Å²) in [6.07, 6.45) is 1.13. The Labute approximate surface area is 64.9 Å². The van der Waals surface area contributed by atoms with Gasteiger partial charge >= 0.3 is 0 Å². The molecule has 0 aromatic heterocycles. The number of benzene rings is 1. The second kappa shape index (κ2) is 3.16. The van der Waals surface area contributed by atoms with E-state index in [2.05, 4.69) is 41.3 Å². The lowest BCUT2D eigenvalue weighted by Gasteiger charge is -2.00. The minimum Gasteiger partial charge on any atom is -0.106 e. The quantitative estimate of drug-likeness (QED) is 0.540. The summed E-state index contributed by atoms with van der Waals surface area (Å²) in [5.74, 6) is 0. The topological polar surface area (TPSA) is 0 Å². The van der Waals surface area contributed by atoms with Gasteiger partial charge in [-0.2, -0.15) is 0 Å². The van der Waals surface area contributed by atoms with Gasteiger partial charge in [-0.15, -0.1) is 9.24 Å². The first-order chi connectivity index (χ1) is 4.72. The average Bonchev–Trinajstić information content (AvgIpc) is 1.85. The SMILES string of the molecule is CCc1cc(C)cc(P)c1. The Morgan fingerprint density at radius 2 is 2.00 bits per heavy atom. The third-order valence-electron chi connectivity index (χ3n) is 1.57. The monoisotopic (exact) mass is 152 g/mol. The summed E-state index contributed by atoms with van der Waals surface area (Å²) < 4.78 is 0. The second-order valence-electron chi connectivity index (χ2n) is 2.61. The molecule has 0 heterocycles. The van der Waals surface area contributed by atoms with Crippen LogP contribution in [0.15, 0.2) is 18.2 Å². The van der Waals surface area contributed by atoms with Crippen LogP contribution in [0, 0.1) is 6.92 Å². The van der Waals surface area contributed by atoms with Gasteiger partial charge in [-0.05, 0) is 24.2 Å². The van der Waals surface area contributed by atoms with E-state index in [0.717, 1.165) is 6.42 Å². The van der Waals surface area contributed by atoms with Crippen LogP contribution in [-0.4, -0.2) is 0 Å². The molecule has 1 aromatic carbocycles. The maximum atomic E-state index is 2.73. The summed E-state index contributed by atoms with van der Waals surface area (Å²) in [6, 6.07) is 6.61. The van der Waals surface area contributed by atoms with Crippen LogP contribution in [0.3, 0.4) is 0 Å². The van der Waals surface area contributed by atoms with E-state index in [4.69, 9.17) is 0 Å². The molecule has 0 N–H and O–H groups in total. The highest BCUT2D eigenvalue weighted by Crippen LogP contribution is 2.04. The zero-order chi connectivity index (χ0) is 7.56. The fourth-order valence-electron chi connectivity index (χ4n) is 1.10. The van der Waals surface area contributed by atoms with E-state index in [9.17, 15) is 0 Å². The van der Waals surface area contributed by atoms with Gasteiger partial charge in [0.15, 0.2) is 0 Å². The molecule has 0 saturated carbocycles. The Morgan fingerprint density at radius 1 is 1.30 bits per heavy atom. The molecule has 0 bridgehead atoms. The van der Waals surface area contributed by atoms with Crippen LogP contribution in [0.25, 0.3) is 0 Å². The second-order valence-corrected chi connectivity index (χ2v) is 3.27. The molecule has 1 aromatic rings. The van der Waals surface area contributed by atoms with Crippen LogP contribution in [0.2, 0.25) is 0 Å². The van der Waals surface area contributed by atoms with Crippen molar-refractivity contribution in [2.75, 3.05) is 0 Å². The molecule has 0 saturated heterocycles. The molecular weight excluding hydrogens is 139 g/mol. The lowest BCUT2D eigenvalue weighted by atomic mass is 10.1. The molecule has 0 spiro atoms. The first-order valence-electron chi connectivity index (χ1n) is 3.58. The normalized spacial score (nSPS) is 9.90. The van der Waals surface area contributed by atoms with Gasteiger partial charge in [0.25, 0.3) is 0 Å². The van der Waals surface area contributed by atoms with Crippen LogP contribution in [0.4, 0.5) is 0 Å². The van der Waals surface area contributed by atoms with Crippen molar-refractivity contribution in [1.29, 1.82) is 0 Å². The molecule has 0 fully saturated rings. The van der Waals surface area contributed by atoms with Gasteiger partial charge in [-0.25, -0.2) is 0 Å². The Balaban J connectivity index is 3.06. The van der Waals surface area contributed by atoms with Crippen LogP contribution in [0.5, 0.6) is 0 Å². The Morgan fingerprint density at radius 3 is 2.50 bits per heavy atom. The van der Waals surface area contributed by atoms with Crippen molar-refractivity contribution in [3.63, 3.8) is 0 Å². The standard InChI is InChI=1S/C9H13P/c1-3-8-4-7(2)5-9(10)6-8/h4-6H,3,10H2,1-2H3. The minimum absolute atomic E-state index is 1.13. The minimum atomic E-state index is 1.13. The third-order valence-corrected chi connectivity index (χ3v) is 1.90. The molecule has 10 heavy (non-hydrogen) atoms. The molecule has 0 aliphatic carbocycles. The van der Waals surface area contributed by atoms with Gasteiger partial charge in [0.2, 0.25) is 0 Å². The van der Waals surface area contributed by atoms with Crippen molar-refractivity contribution in [3.8, 4) is 0 Å². The lowest BCUT2D eigenvalue weighted by molar-refractivity contribution is 1.14. The summed E-state index contributed by atoms with van der Waals surface area (Å²) in [7, 11) is 2.73. The van der Waals surface area contributed by atoms with E-state index in [1.165, 1.54) is 16.4 Å². The summed E-state index contributed by atoms with van der Waals surface area (Å²) in [5.41, 5.74) is 2.77. The lowest BCUT2D eigenvalue weighted by Crippen LogP contribution is -1.94. The van der Waals surface area contributed by atoms with E-state index in [1.807, 2.05) is 0 Å². The van der Waals surface area contributed by atoms with Gasteiger partial charge in [0, 0.05) is 0 Å². The average molecular weight is 152 g/mol. The third kappa shape index (κ3) is 1.82. The highest BCUT2D eigenvalue weighted by atomic mass is 31.0. The summed E-state index contributed by atoms with van der Waals surface area (Å²) >= 11 is 0. The van der Waals surface area contributed by atoms with Gasteiger partial charge in [-0.3, -0.25) is 0 Å². The fraction of sp³-hybridized carbons (Fsp3) is 0.333. The number of rotatable bonds is 1. The molecule has 54 valence electrons. The summed E-state index contributed by atoms with van der Waals surface area (Å²) in [5, 5.41) is 1.29. The molecular formula is C9H13P. The van der Waals surface area contributed by atoms with Crippen molar-refractivity contribution in [1.82, 2.24) is 0 Å². The van der Waals surface area contributed by atoms with Gasteiger partial charge in [0.1, 0.15) is 0 Å². The van der Waals surface area contributed by atoms with E-state index in [-0.39, 0.29) is 0 Å². The maximum absolute atomic E-state index is 2.73. The fourth-order valence-corrected chi connectivity index (χ4v) is 1.58. The Kier molecular flexibility index (Phi) is 2.45. The van der Waals surface area contributed by atoms with Crippen molar-refractivity contribution < 1.29 is 0 Å². The van der Waals surface area contributed by atoms with Crippen molar-refractivity contribution in [2.24, 2.45) is 0 Å². The Hall–Kier alpha value is -0.350. The molecule has 1 unspecified atom stereocenters. The largest absolute Gasteiger partial charge is 0.106 e. The first-order valence-corrected chi connectivity index (χ1v) is 4.16. The van der Waals surface area contributed by atoms with Crippen LogP contribution in [-0.2, 0) is 6.42 Å². The highest BCUT2D eigenvalue weighted by Gasteiger charge is 1.91. The van der Waals surface area contributed by atoms with E-state index < -0.39 is 0 Å². The van der Waals surface area contributed by atoms with E-state index in [1.54, 1.807) is 0 Å². The van der Waals surface area contributed by atoms with Crippen molar-refractivity contribution >= 4 is 14.5 Å². The van der Waals surface area contributed by atoms with Crippen molar-refractivity contribution in [2.45, 2.75) is 20.3 Å². The number of aryl methyl sites for hydroxylation is 2. The van der Waals surface area contributed by atoms with E-state index in [0.29, 0.717) is 0 Å². The van der Waals surface area contributed by atoms with Crippen LogP contribution >= 0.6 is 9.24 Å². The zero-order valence-corrected chi connectivity index (χ0v) is 7.67. The van der Waals surface area contributed by atoms with Gasteiger partial charge in [0.05, 0.1) is 0 Å². The summed E-state index contributed by atoms with van der Waals surface area (Å²) in [6.45, 7) is 4.31. The molecule has 1 rings (SSSR count). The maximum Gasteiger partial charge on any atom is -0.0297 e. The highest BCUT2D eigenvalue weighted by molar-refractivity contribution is 7.27.